The van der Waals surface area contributed by atoms with E-state index in [1.165, 1.54) is 12.1 Å². The maximum absolute atomic E-state index is 12.9. The van der Waals surface area contributed by atoms with Crippen molar-refractivity contribution in [1.29, 1.82) is 0 Å². The summed E-state index contributed by atoms with van der Waals surface area (Å²) >= 11 is 12.3. The number of sulfonamides is 1. The first-order chi connectivity index (χ1) is 17.5. The number of nitrogens with zero attached hydrogens (tertiary/aromatic N) is 3. The molecule has 1 amide bonds. The van der Waals surface area contributed by atoms with E-state index in [9.17, 15) is 18.3 Å². The molecule has 0 bridgehead atoms. The quantitative estimate of drug-likeness (QED) is 0.273. The van der Waals surface area contributed by atoms with E-state index >= 15 is 0 Å². The minimum atomic E-state index is -4.18. The molecule has 0 saturated carbocycles. The van der Waals surface area contributed by atoms with E-state index in [4.69, 9.17) is 23.2 Å². The summed E-state index contributed by atoms with van der Waals surface area (Å²) in [6, 6.07) is 19.0. The van der Waals surface area contributed by atoms with Gasteiger partial charge in [-0.1, -0.05) is 59.1 Å². The number of hydrogen-bond acceptors (Lipinski definition) is 4. The van der Waals surface area contributed by atoms with Crippen molar-refractivity contribution in [2.75, 3.05) is 6.54 Å². The molecule has 4 aromatic rings. The number of rotatable bonds is 7. The number of benzene rings is 3. The Morgan fingerprint density at radius 3 is 2.19 bits per heavy atom. The van der Waals surface area contributed by atoms with Crippen molar-refractivity contribution in [2.45, 2.75) is 32.1 Å². The summed E-state index contributed by atoms with van der Waals surface area (Å²) in [5.74, 6) is 0. The van der Waals surface area contributed by atoms with Crippen molar-refractivity contribution in [3.63, 3.8) is 0 Å². The van der Waals surface area contributed by atoms with E-state index < -0.39 is 16.1 Å². The Kier molecular flexibility index (Phi) is 7.64. The van der Waals surface area contributed by atoms with Crippen LogP contribution in [0.5, 0.6) is 0 Å². The van der Waals surface area contributed by atoms with E-state index in [0.717, 1.165) is 39.3 Å². The highest BCUT2D eigenvalue weighted by molar-refractivity contribution is 7.89. The van der Waals surface area contributed by atoms with Gasteiger partial charge in [0.05, 0.1) is 26.3 Å². The molecular weight excluding hydrogens is 533 g/mol. The molecule has 1 aromatic heterocycles. The van der Waals surface area contributed by atoms with Crippen LogP contribution >= 0.6 is 23.2 Å². The molecular formula is C27H25Cl2N3O4S. The molecule has 0 radical (unpaired) electrons. The Balaban J connectivity index is 1.54. The molecule has 0 aliphatic heterocycles. The predicted octanol–water partition coefficient (Wildman–Crippen LogP) is 6.68. The topological polar surface area (TPSA) is 92.5 Å². The van der Waals surface area contributed by atoms with Crippen LogP contribution in [0.3, 0.4) is 0 Å². The third kappa shape index (κ3) is 5.51. The Morgan fingerprint density at radius 2 is 1.59 bits per heavy atom. The van der Waals surface area contributed by atoms with Crippen molar-refractivity contribution < 1.29 is 18.3 Å². The highest BCUT2D eigenvalue weighted by Crippen LogP contribution is 2.33. The highest BCUT2D eigenvalue weighted by atomic mass is 35.5. The van der Waals surface area contributed by atoms with Crippen LogP contribution in [0.1, 0.15) is 22.5 Å². The second kappa shape index (κ2) is 10.6. The van der Waals surface area contributed by atoms with Gasteiger partial charge in [-0.05, 0) is 74.7 Å². The summed E-state index contributed by atoms with van der Waals surface area (Å²) in [4.78, 5) is 11.7. The first-order valence-corrected chi connectivity index (χ1v) is 13.6. The zero-order valence-electron chi connectivity index (χ0n) is 20.4. The van der Waals surface area contributed by atoms with Gasteiger partial charge in [0.1, 0.15) is 0 Å². The van der Waals surface area contributed by atoms with E-state index in [2.05, 4.69) is 5.10 Å². The summed E-state index contributed by atoms with van der Waals surface area (Å²) in [5, 5.41) is 15.2. The Labute approximate surface area is 225 Å². The fourth-order valence-electron chi connectivity index (χ4n) is 4.15. The van der Waals surface area contributed by atoms with Crippen LogP contribution < -0.4 is 0 Å². The van der Waals surface area contributed by atoms with Crippen LogP contribution in [0, 0.1) is 20.8 Å². The van der Waals surface area contributed by atoms with E-state index in [1.54, 1.807) is 18.2 Å². The smallest absolute Gasteiger partial charge is 0.421 e. The Morgan fingerprint density at radius 1 is 0.946 bits per heavy atom. The van der Waals surface area contributed by atoms with E-state index in [-0.39, 0.29) is 17.9 Å². The lowest BCUT2D eigenvalue weighted by Gasteiger charge is -2.19. The van der Waals surface area contributed by atoms with Gasteiger partial charge in [0.15, 0.2) is 0 Å². The molecule has 192 valence electrons. The molecule has 1 N–H and O–H groups in total. The van der Waals surface area contributed by atoms with Gasteiger partial charge in [-0.2, -0.15) is 5.10 Å². The molecule has 0 fully saturated rings. The lowest BCUT2D eigenvalue weighted by atomic mass is 10.0. The molecule has 0 aliphatic carbocycles. The summed E-state index contributed by atoms with van der Waals surface area (Å²) in [7, 11) is -4.18. The molecule has 0 spiro atoms. The molecule has 1 heterocycles. The van der Waals surface area contributed by atoms with Crippen molar-refractivity contribution >= 4 is 39.3 Å². The lowest BCUT2D eigenvalue weighted by Crippen LogP contribution is -2.37. The van der Waals surface area contributed by atoms with Gasteiger partial charge in [-0.3, -0.25) is 0 Å². The van der Waals surface area contributed by atoms with Gasteiger partial charge in [0, 0.05) is 17.8 Å². The molecule has 0 saturated heterocycles. The first kappa shape index (κ1) is 26.7. The Hall–Kier alpha value is -3.33. The van der Waals surface area contributed by atoms with Gasteiger partial charge in [0.25, 0.3) is 10.0 Å². The second-order valence-electron chi connectivity index (χ2n) is 8.68. The Bertz CT molecular complexity index is 1560. The fraction of sp³-hybridized carbons (Fsp3) is 0.185. The van der Waals surface area contributed by atoms with Crippen LogP contribution in [0.4, 0.5) is 4.79 Å². The average molecular weight is 558 g/mol. The molecule has 4 rings (SSSR count). The van der Waals surface area contributed by atoms with Crippen LogP contribution in [0.25, 0.3) is 16.8 Å². The monoisotopic (exact) mass is 557 g/mol. The molecule has 0 unspecified atom stereocenters. The summed E-state index contributed by atoms with van der Waals surface area (Å²) < 4.78 is 28.1. The largest absolute Gasteiger partial charge is 0.464 e. The van der Waals surface area contributed by atoms with Gasteiger partial charge in [-0.15, -0.1) is 0 Å². The second-order valence-corrected chi connectivity index (χ2v) is 11.4. The van der Waals surface area contributed by atoms with E-state index in [0.29, 0.717) is 14.4 Å². The summed E-state index contributed by atoms with van der Waals surface area (Å²) in [6.07, 6.45) is -1.29. The predicted molar refractivity (Wildman–Crippen MR) is 145 cm³/mol. The van der Waals surface area contributed by atoms with Gasteiger partial charge < -0.3 is 5.11 Å². The van der Waals surface area contributed by atoms with Gasteiger partial charge in [-0.25, -0.2) is 22.2 Å². The first-order valence-electron chi connectivity index (χ1n) is 11.4. The summed E-state index contributed by atoms with van der Waals surface area (Å²) in [5.41, 5.74) is 6.12. The average Bonchev–Trinajstić information content (AvgIpc) is 3.15. The van der Waals surface area contributed by atoms with Crippen LogP contribution in [0.15, 0.2) is 71.6 Å². The minimum Gasteiger partial charge on any atom is -0.464 e. The molecule has 10 heteroatoms. The van der Waals surface area contributed by atoms with Gasteiger partial charge in [0.2, 0.25) is 0 Å². The maximum atomic E-state index is 12.9. The third-order valence-corrected chi connectivity index (χ3v) is 8.63. The standard InChI is InChI=1S/C27H25Cl2N3O4S/c1-17-4-11-23(12-5-17)37(35,36)31(27(33)34)15-14-20-6-9-22(10-7-20)32-19(3)26(18(2)30-32)21-8-13-24(28)25(29)16-21/h4-13,16H,14-15H2,1-3H3,(H,33,34). The zero-order chi connectivity index (χ0) is 26.9. The fourth-order valence-corrected chi connectivity index (χ4v) is 5.72. The lowest BCUT2D eigenvalue weighted by molar-refractivity contribution is 0.172. The van der Waals surface area contributed by atoms with Gasteiger partial charge >= 0.3 is 6.09 Å². The minimum absolute atomic E-state index is 0.0573. The number of amides is 1. The number of carboxylic acid groups (broad SMARTS) is 1. The molecule has 7 nitrogen and oxygen atoms in total. The van der Waals surface area contributed by atoms with Crippen molar-refractivity contribution in [3.8, 4) is 16.8 Å². The third-order valence-electron chi connectivity index (χ3n) is 6.11. The van der Waals surface area contributed by atoms with Crippen molar-refractivity contribution in [2.24, 2.45) is 0 Å². The van der Waals surface area contributed by atoms with Crippen LogP contribution in [0.2, 0.25) is 10.0 Å². The molecule has 3 aromatic carbocycles. The number of aromatic nitrogens is 2. The van der Waals surface area contributed by atoms with Crippen LogP contribution in [-0.4, -0.2) is 40.2 Å². The number of aryl methyl sites for hydroxylation is 2. The molecule has 0 aliphatic rings. The van der Waals surface area contributed by atoms with Crippen molar-refractivity contribution in [1.82, 2.24) is 14.1 Å². The maximum Gasteiger partial charge on any atom is 0.421 e. The number of halogens is 2. The zero-order valence-corrected chi connectivity index (χ0v) is 22.8. The normalized spacial score (nSPS) is 11.5. The summed E-state index contributed by atoms with van der Waals surface area (Å²) in [6.45, 7) is 5.51. The number of hydrogen-bond donors (Lipinski definition) is 1. The molecule has 37 heavy (non-hydrogen) atoms. The molecule has 0 atom stereocenters. The highest BCUT2D eigenvalue weighted by Gasteiger charge is 2.28. The van der Waals surface area contributed by atoms with Crippen LogP contribution in [-0.2, 0) is 16.4 Å². The SMILES string of the molecule is Cc1ccc(S(=O)(=O)N(CCc2ccc(-n3nc(C)c(-c4ccc(Cl)c(Cl)c4)c3C)cc2)C(=O)O)cc1. The van der Waals surface area contributed by atoms with Crippen molar-refractivity contribution in [3.05, 3.63) is 99.3 Å². The number of carbonyl (C=O) groups is 1. The van der Waals surface area contributed by atoms with E-state index in [1.807, 2.05) is 61.9 Å².